The highest BCUT2D eigenvalue weighted by atomic mass is 16.6. The summed E-state index contributed by atoms with van der Waals surface area (Å²) in [5, 5.41) is 8.96. The molecule has 2 N–H and O–H groups in total. The zero-order valence-electron chi connectivity index (χ0n) is 10.8. The summed E-state index contributed by atoms with van der Waals surface area (Å²) < 4.78 is 11.4. The molecule has 0 aliphatic carbocycles. The van der Waals surface area contributed by atoms with Crippen LogP contribution in [0.3, 0.4) is 0 Å². The molecule has 0 saturated carbocycles. The maximum Gasteiger partial charge on any atom is 0.192 e. The van der Waals surface area contributed by atoms with E-state index in [0.717, 1.165) is 0 Å². The molecule has 0 saturated heterocycles. The van der Waals surface area contributed by atoms with Gasteiger partial charge in [0.05, 0.1) is 5.69 Å². The Morgan fingerprint density at radius 2 is 2.05 bits per heavy atom. The van der Waals surface area contributed by atoms with Gasteiger partial charge in [-0.2, -0.15) is 5.26 Å². The van der Waals surface area contributed by atoms with Gasteiger partial charge in [-0.1, -0.05) is 12.1 Å². The van der Waals surface area contributed by atoms with Crippen LogP contribution in [0.5, 0.6) is 11.5 Å². The Kier molecular flexibility index (Phi) is 2.88. The zero-order valence-corrected chi connectivity index (χ0v) is 10.8. The molecule has 100 valence electrons. The average molecular weight is 268 g/mol. The summed E-state index contributed by atoms with van der Waals surface area (Å²) in [7, 11) is 0. The molecule has 1 unspecified atom stereocenters. The Labute approximate surface area is 115 Å². The van der Waals surface area contributed by atoms with Gasteiger partial charge < -0.3 is 15.2 Å². The molecule has 6 nitrogen and oxygen atoms in total. The lowest BCUT2D eigenvalue weighted by atomic mass is 10.2. The van der Waals surface area contributed by atoms with E-state index in [1.807, 2.05) is 30.3 Å². The maximum absolute atomic E-state index is 8.96. The number of para-hydroxylation sites is 2. The molecule has 2 aromatic rings. The molecule has 6 heteroatoms. The van der Waals surface area contributed by atoms with Crippen LogP contribution in [0.4, 0.5) is 5.82 Å². The van der Waals surface area contributed by atoms with Crippen LogP contribution in [-0.4, -0.2) is 16.6 Å². The van der Waals surface area contributed by atoms with Crippen molar-refractivity contribution < 1.29 is 9.47 Å². The molecular formula is C14H12N4O2. The molecule has 2 heterocycles. The first kappa shape index (κ1) is 12.2. The van der Waals surface area contributed by atoms with E-state index in [2.05, 4.69) is 9.97 Å². The number of benzene rings is 1. The van der Waals surface area contributed by atoms with Crippen molar-refractivity contribution in [2.45, 2.75) is 13.0 Å². The van der Waals surface area contributed by atoms with Gasteiger partial charge in [-0.15, -0.1) is 0 Å². The van der Waals surface area contributed by atoms with E-state index in [1.165, 1.54) is 0 Å². The zero-order chi connectivity index (χ0) is 14.1. The summed E-state index contributed by atoms with van der Waals surface area (Å²) in [6.45, 7) is 2.03. The van der Waals surface area contributed by atoms with Crippen molar-refractivity contribution in [3.05, 3.63) is 41.3 Å². The molecule has 0 fully saturated rings. The number of rotatable bonds is 1. The highest BCUT2D eigenvalue weighted by Gasteiger charge is 2.25. The molecule has 0 spiro atoms. The number of nitrogens with zero attached hydrogens (tertiary/aromatic N) is 3. The van der Waals surface area contributed by atoms with Gasteiger partial charge >= 0.3 is 0 Å². The number of nitriles is 1. The minimum atomic E-state index is -0.432. The smallest absolute Gasteiger partial charge is 0.192 e. The molecular weight excluding hydrogens is 256 g/mol. The summed E-state index contributed by atoms with van der Waals surface area (Å²) in [4.78, 5) is 8.42. The van der Waals surface area contributed by atoms with Crippen LogP contribution in [0.2, 0.25) is 0 Å². The van der Waals surface area contributed by atoms with Crippen molar-refractivity contribution in [2.75, 3.05) is 12.3 Å². The Hall–Kier alpha value is -2.81. The fourth-order valence-corrected chi connectivity index (χ4v) is 2.05. The summed E-state index contributed by atoms with van der Waals surface area (Å²) in [6, 6.07) is 9.39. The quantitative estimate of drug-likeness (QED) is 0.846. The molecule has 0 amide bonds. The Morgan fingerprint density at radius 1 is 1.30 bits per heavy atom. The molecule has 1 aromatic heterocycles. The van der Waals surface area contributed by atoms with E-state index in [4.69, 9.17) is 20.5 Å². The molecule has 3 rings (SSSR count). The second-order valence-corrected chi connectivity index (χ2v) is 4.40. The molecule has 1 atom stereocenters. The number of hydrogen-bond acceptors (Lipinski definition) is 6. The number of anilines is 1. The standard InChI is InChI=1S/C14H12N4O2/c1-8-9(6-15)13(16)18-14(17-8)12-7-19-10-4-2-3-5-11(10)20-12/h2-5,12H,7H2,1H3,(H2,16,17,18). The number of aryl methyl sites for hydroxylation is 1. The van der Waals surface area contributed by atoms with Crippen molar-refractivity contribution in [2.24, 2.45) is 0 Å². The molecule has 20 heavy (non-hydrogen) atoms. The van der Waals surface area contributed by atoms with Crippen molar-refractivity contribution in [3.8, 4) is 17.6 Å². The van der Waals surface area contributed by atoms with Crippen LogP contribution in [0.15, 0.2) is 24.3 Å². The summed E-state index contributed by atoms with van der Waals surface area (Å²) in [6.07, 6.45) is -0.432. The highest BCUT2D eigenvalue weighted by Crippen LogP contribution is 2.35. The van der Waals surface area contributed by atoms with Gasteiger partial charge in [0.25, 0.3) is 0 Å². The third-order valence-corrected chi connectivity index (χ3v) is 3.04. The second-order valence-electron chi connectivity index (χ2n) is 4.40. The Bertz CT molecular complexity index is 686. The lowest BCUT2D eigenvalue weighted by molar-refractivity contribution is 0.0850. The SMILES string of the molecule is Cc1nc(C2COc3ccccc3O2)nc(N)c1C#N. The van der Waals surface area contributed by atoms with Gasteiger partial charge in [-0.25, -0.2) is 9.97 Å². The third-order valence-electron chi connectivity index (χ3n) is 3.04. The monoisotopic (exact) mass is 268 g/mol. The fourth-order valence-electron chi connectivity index (χ4n) is 2.05. The van der Waals surface area contributed by atoms with E-state index < -0.39 is 6.10 Å². The Balaban J connectivity index is 1.94. The molecule has 0 radical (unpaired) electrons. The van der Waals surface area contributed by atoms with Gasteiger partial charge in [-0.3, -0.25) is 0 Å². The normalized spacial score (nSPS) is 16.5. The topological polar surface area (TPSA) is 94.1 Å². The first-order valence-electron chi connectivity index (χ1n) is 6.11. The fraction of sp³-hybridized carbons (Fsp3) is 0.214. The number of ether oxygens (including phenoxy) is 2. The van der Waals surface area contributed by atoms with E-state index in [9.17, 15) is 0 Å². The van der Waals surface area contributed by atoms with Crippen LogP contribution in [0.1, 0.15) is 23.2 Å². The number of hydrogen-bond donors (Lipinski definition) is 1. The van der Waals surface area contributed by atoms with Crippen molar-refractivity contribution in [1.82, 2.24) is 9.97 Å². The third kappa shape index (κ3) is 1.99. The van der Waals surface area contributed by atoms with Crippen LogP contribution in [0.25, 0.3) is 0 Å². The number of nitrogens with two attached hydrogens (primary N) is 1. The average Bonchev–Trinajstić information content (AvgIpc) is 2.46. The van der Waals surface area contributed by atoms with Crippen molar-refractivity contribution in [1.29, 1.82) is 5.26 Å². The van der Waals surface area contributed by atoms with Crippen LogP contribution in [0, 0.1) is 18.3 Å². The molecule has 1 aliphatic rings. The number of nitrogen functional groups attached to an aromatic ring is 1. The van der Waals surface area contributed by atoms with Gasteiger partial charge in [0.1, 0.15) is 24.1 Å². The predicted molar refractivity (Wildman–Crippen MR) is 71.2 cm³/mol. The van der Waals surface area contributed by atoms with Crippen LogP contribution in [-0.2, 0) is 0 Å². The maximum atomic E-state index is 8.96. The van der Waals surface area contributed by atoms with Crippen molar-refractivity contribution >= 4 is 5.82 Å². The summed E-state index contributed by atoms with van der Waals surface area (Å²) in [5.41, 5.74) is 6.60. The molecule has 1 aromatic carbocycles. The lowest BCUT2D eigenvalue weighted by Gasteiger charge is -2.25. The van der Waals surface area contributed by atoms with E-state index in [-0.39, 0.29) is 5.82 Å². The van der Waals surface area contributed by atoms with E-state index >= 15 is 0 Å². The first-order chi connectivity index (χ1) is 9.69. The van der Waals surface area contributed by atoms with Gasteiger partial charge in [0.15, 0.2) is 23.4 Å². The largest absolute Gasteiger partial charge is 0.485 e. The van der Waals surface area contributed by atoms with Gasteiger partial charge in [0, 0.05) is 0 Å². The summed E-state index contributed by atoms with van der Waals surface area (Å²) >= 11 is 0. The minimum absolute atomic E-state index is 0.164. The van der Waals surface area contributed by atoms with Gasteiger partial charge in [0.2, 0.25) is 0 Å². The van der Waals surface area contributed by atoms with Crippen molar-refractivity contribution in [3.63, 3.8) is 0 Å². The van der Waals surface area contributed by atoms with E-state index in [1.54, 1.807) is 6.92 Å². The summed E-state index contributed by atoms with van der Waals surface area (Å²) in [5.74, 6) is 1.93. The molecule has 0 bridgehead atoms. The predicted octanol–water partition coefficient (Wildman–Crippen LogP) is 1.75. The number of fused-ring (bicyclic) bond motifs is 1. The van der Waals surface area contributed by atoms with Crippen LogP contribution >= 0.6 is 0 Å². The Morgan fingerprint density at radius 3 is 2.75 bits per heavy atom. The first-order valence-corrected chi connectivity index (χ1v) is 6.11. The second kappa shape index (κ2) is 4.70. The highest BCUT2D eigenvalue weighted by molar-refractivity contribution is 5.50. The molecule has 1 aliphatic heterocycles. The van der Waals surface area contributed by atoms with Gasteiger partial charge in [-0.05, 0) is 19.1 Å². The van der Waals surface area contributed by atoms with Crippen LogP contribution < -0.4 is 15.2 Å². The number of aromatic nitrogens is 2. The minimum Gasteiger partial charge on any atom is -0.485 e. The van der Waals surface area contributed by atoms with E-state index in [0.29, 0.717) is 35.2 Å². The lowest BCUT2D eigenvalue weighted by Crippen LogP contribution is -2.24.